The van der Waals surface area contributed by atoms with Crippen LogP contribution in [0.25, 0.3) is 112 Å². The first-order valence-corrected chi connectivity index (χ1v) is 26.0. The summed E-state index contributed by atoms with van der Waals surface area (Å²) in [6.45, 7) is 6.82. The molecule has 0 saturated heterocycles. The molecular formula is C72H51N5. The fourth-order valence-corrected chi connectivity index (χ4v) is 10.6. The Morgan fingerprint density at radius 2 is 0.935 bits per heavy atom. The normalized spacial score (nSPS) is 11.2. The molecule has 5 nitrogen and oxygen atoms in total. The van der Waals surface area contributed by atoms with Crippen molar-refractivity contribution in [1.29, 1.82) is 0 Å². The summed E-state index contributed by atoms with van der Waals surface area (Å²) in [5.74, 6) is 1.51. The van der Waals surface area contributed by atoms with E-state index in [0.717, 1.165) is 129 Å². The van der Waals surface area contributed by atoms with Gasteiger partial charge in [0, 0.05) is 50.4 Å². The molecule has 0 saturated carbocycles. The van der Waals surface area contributed by atoms with E-state index in [1.807, 2.05) is 18.2 Å². The first kappa shape index (κ1) is 46.5. The fourth-order valence-electron chi connectivity index (χ4n) is 10.6. The van der Waals surface area contributed by atoms with Gasteiger partial charge in [-0.15, -0.1) is 0 Å². The zero-order valence-corrected chi connectivity index (χ0v) is 42.5. The summed E-state index contributed by atoms with van der Waals surface area (Å²) < 4.78 is 2.24. The number of para-hydroxylation sites is 3. The molecule has 0 unspecified atom stereocenters. The highest BCUT2D eigenvalue weighted by Crippen LogP contribution is 2.42. The molecule has 364 valence electrons. The number of imidazole rings is 1. The summed E-state index contributed by atoms with van der Waals surface area (Å²) in [4.78, 5) is 18.6. The van der Waals surface area contributed by atoms with Crippen molar-refractivity contribution in [3.05, 3.63) is 297 Å². The van der Waals surface area contributed by atoms with Gasteiger partial charge in [-0.05, 0) is 136 Å². The Bertz CT molecular complexity index is 4260. The van der Waals surface area contributed by atoms with Crippen molar-refractivity contribution in [3.8, 4) is 84.2 Å². The third-order valence-corrected chi connectivity index (χ3v) is 14.5. The lowest BCUT2D eigenvalue weighted by atomic mass is 9.91. The van der Waals surface area contributed by atoms with Gasteiger partial charge in [0.1, 0.15) is 5.82 Å². The van der Waals surface area contributed by atoms with Crippen molar-refractivity contribution in [1.82, 2.24) is 19.5 Å². The maximum atomic E-state index is 5.62. The minimum atomic E-state index is 0.625. The highest BCUT2D eigenvalue weighted by molar-refractivity contribution is 6.05. The lowest BCUT2D eigenvalue weighted by molar-refractivity contribution is 1.10. The molecular weight excluding hydrogens is 935 g/mol. The van der Waals surface area contributed by atoms with E-state index in [1.165, 1.54) is 0 Å². The smallest absolute Gasteiger partial charge is 0.160 e. The van der Waals surface area contributed by atoms with Crippen LogP contribution in [0.1, 0.15) is 11.1 Å². The standard InChI is InChI=1S/C72H51N5/c1-49-21-15-17-35-67(49)76(50(2)51-22-7-3-8-23-51)62-41-37-54(38-42-62)69-65-48-61(59-32-19-30-57(45-59)52-24-9-4-10-25-52)47-64(60-33-20-31-58(46-60)53-26-11-5-12-27-53)70(65)75-71(74-69)55-39-43-63(44-40-55)77-68-36-18-16-34-66(68)73-72(77)56-28-13-6-14-29-56/h3-48H,2H2,1H3. The van der Waals surface area contributed by atoms with Gasteiger partial charge in [0.2, 0.25) is 0 Å². The number of rotatable bonds is 12. The molecule has 0 aliphatic rings. The first-order chi connectivity index (χ1) is 38.0. The average molecular weight is 986 g/mol. The van der Waals surface area contributed by atoms with Gasteiger partial charge in [0.15, 0.2) is 5.82 Å². The molecule has 0 N–H and O–H groups in total. The van der Waals surface area contributed by atoms with Crippen molar-refractivity contribution < 1.29 is 0 Å². The zero-order chi connectivity index (χ0) is 51.7. The number of aromatic nitrogens is 4. The first-order valence-electron chi connectivity index (χ1n) is 26.0. The van der Waals surface area contributed by atoms with Gasteiger partial charge >= 0.3 is 0 Å². The Labute approximate surface area is 449 Å². The molecule has 0 aliphatic carbocycles. The van der Waals surface area contributed by atoms with Crippen molar-refractivity contribution >= 4 is 39.0 Å². The van der Waals surface area contributed by atoms with Crippen LogP contribution in [-0.2, 0) is 0 Å². The molecule has 2 aromatic heterocycles. The van der Waals surface area contributed by atoms with Gasteiger partial charge in [-0.1, -0.05) is 207 Å². The molecule has 0 amide bonds. The van der Waals surface area contributed by atoms with Gasteiger partial charge in [-0.3, -0.25) is 4.57 Å². The lowest BCUT2D eigenvalue weighted by Gasteiger charge is -2.29. The van der Waals surface area contributed by atoms with E-state index in [1.54, 1.807) is 0 Å². The van der Waals surface area contributed by atoms with Crippen LogP contribution in [-0.4, -0.2) is 19.5 Å². The Balaban J connectivity index is 1.02. The van der Waals surface area contributed by atoms with Crippen LogP contribution in [0.2, 0.25) is 0 Å². The van der Waals surface area contributed by atoms with Crippen LogP contribution in [0.3, 0.4) is 0 Å². The monoisotopic (exact) mass is 985 g/mol. The molecule has 5 heteroatoms. The Kier molecular flexibility index (Phi) is 12.2. The highest BCUT2D eigenvalue weighted by atomic mass is 15.1. The molecule has 77 heavy (non-hydrogen) atoms. The van der Waals surface area contributed by atoms with E-state index < -0.39 is 0 Å². The second kappa shape index (κ2) is 20.2. The van der Waals surface area contributed by atoms with Crippen molar-refractivity contribution in [3.63, 3.8) is 0 Å². The minimum absolute atomic E-state index is 0.625. The Morgan fingerprint density at radius 3 is 1.60 bits per heavy atom. The second-order valence-corrected chi connectivity index (χ2v) is 19.4. The van der Waals surface area contributed by atoms with Crippen LogP contribution in [0.4, 0.5) is 11.4 Å². The molecule has 11 aromatic carbocycles. The fraction of sp³-hybridized carbons (Fsp3) is 0.0139. The maximum absolute atomic E-state index is 5.62. The van der Waals surface area contributed by atoms with E-state index in [2.05, 4.69) is 284 Å². The topological polar surface area (TPSA) is 46.8 Å². The summed E-state index contributed by atoms with van der Waals surface area (Å²) in [7, 11) is 0. The third kappa shape index (κ3) is 9.06. The van der Waals surface area contributed by atoms with Gasteiger partial charge in [0.25, 0.3) is 0 Å². The van der Waals surface area contributed by atoms with Crippen LogP contribution >= 0.6 is 0 Å². The van der Waals surface area contributed by atoms with Crippen LogP contribution in [0.5, 0.6) is 0 Å². The molecule has 13 rings (SSSR count). The second-order valence-electron chi connectivity index (χ2n) is 19.4. The summed E-state index contributed by atoms with van der Waals surface area (Å²) in [5, 5.41) is 0.947. The number of anilines is 2. The van der Waals surface area contributed by atoms with Crippen LogP contribution in [0, 0.1) is 6.92 Å². The molecule has 0 atom stereocenters. The predicted octanol–water partition coefficient (Wildman–Crippen LogP) is 18.8. The summed E-state index contributed by atoms with van der Waals surface area (Å²) in [6, 6.07) is 98.3. The molecule has 0 bridgehead atoms. The molecule has 0 spiro atoms. The third-order valence-electron chi connectivity index (χ3n) is 14.5. The lowest BCUT2D eigenvalue weighted by Crippen LogP contribution is -2.15. The maximum Gasteiger partial charge on any atom is 0.160 e. The number of hydrogen-bond donors (Lipinski definition) is 0. The van der Waals surface area contributed by atoms with Gasteiger partial charge < -0.3 is 4.90 Å². The number of hydrogen-bond acceptors (Lipinski definition) is 4. The molecule has 0 aliphatic heterocycles. The Morgan fingerprint density at radius 1 is 0.403 bits per heavy atom. The van der Waals surface area contributed by atoms with Crippen molar-refractivity contribution in [2.45, 2.75) is 6.92 Å². The molecule has 2 heterocycles. The summed E-state index contributed by atoms with van der Waals surface area (Å²) in [6.07, 6.45) is 0. The highest BCUT2D eigenvalue weighted by Gasteiger charge is 2.22. The number of nitrogens with zero attached hydrogens (tertiary/aromatic N) is 5. The van der Waals surface area contributed by atoms with E-state index in [4.69, 9.17) is 15.0 Å². The average Bonchev–Trinajstić information content (AvgIpc) is 3.92. The van der Waals surface area contributed by atoms with E-state index in [0.29, 0.717) is 5.82 Å². The van der Waals surface area contributed by atoms with Gasteiger partial charge in [-0.25, -0.2) is 15.0 Å². The van der Waals surface area contributed by atoms with Crippen molar-refractivity contribution in [2.24, 2.45) is 0 Å². The SMILES string of the molecule is C=C(c1ccccc1)N(c1ccc(-c2nc(-c3ccc(-n4c(-c5ccccc5)nc5ccccc54)cc3)nc3c(-c4cccc(-c5ccccc5)c4)cc(-c4cccc(-c5ccccc5)c4)cc23)cc1)c1ccccc1C. The van der Waals surface area contributed by atoms with E-state index in [-0.39, 0.29) is 0 Å². The molecule has 0 radical (unpaired) electrons. The predicted molar refractivity (Wildman–Crippen MR) is 321 cm³/mol. The van der Waals surface area contributed by atoms with E-state index >= 15 is 0 Å². The number of aryl methyl sites for hydroxylation is 1. The number of benzene rings is 11. The molecule has 13 aromatic rings. The Hall–Kier alpha value is -10.2. The van der Waals surface area contributed by atoms with Crippen LogP contribution < -0.4 is 4.90 Å². The quantitative estimate of drug-likeness (QED) is 0.122. The largest absolute Gasteiger partial charge is 0.310 e. The van der Waals surface area contributed by atoms with Gasteiger partial charge in [0.05, 0.1) is 22.2 Å². The zero-order valence-electron chi connectivity index (χ0n) is 42.5. The minimum Gasteiger partial charge on any atom is -0.310 e. The summed E-state index contributed by atoms with van der Waals surface area (Å²) >= 11 is 0. The van der Waals surface area contributed by atoms with Crippen molar-refractivity contribution in [2.75, 3.05) is 4.90 Å². The van der Waals surface area contributed by atoms with E-state index in [9.17, 15) is 0 Å². The number of fused-ring (bicyclic) bond motifs is 2. The molecule has 0 fully saturated rings. The summed E-state index contributed by atoms with van der Waals surface area (Å²) in [5.41, 5.74) is 21.5. The van der Waals surface area contributed by atoms with Gasteiger partial charge in [-0.2, -0.15) is 0 Å². The van der Waals surface area contributed by atoms with Crippen LogP contribution in [0.15, 0.2) is 286 Å².